The summed E-state index contributed by atoms with van der Waals surface area (Å²) in [6.07, 6.45) is 4.03. The molecule has 0 N–H and O–H groups in total. The molecule has 0 spiro atoms. The van der Waals surface area contributed by atoms with Gasteiger partial charge in [0.1, 0.15) is 0 Å². The summed E-state index contributed by atoms with van der Waals surface area (Å²) in [4.78, 5) is 0. The van der Waals surface area contributed by atoms with Gasteiger partial charge in [0.15, 0.2) is 0 Å². The highest BCUT2D eigenvalue weighted by Gasteiger charge is 2.24. The molecule has 1 fully saturated rings. The first-order valence-electron chi connectivity index (χ1n) is 5.61. The Kier molecular flexibility index (Phi) is 6.11. The van der Waals surface area contributed by atoms with Crippen LogP contribution in [0, 0.1) is 17.8 Å². The summed E-state index contributed by atoms with van der Waals surface area (Å²) >= 11 is 0. The number of hydrogen-bond donors (Lipinski definition) is 0. The number of allylic oxidation sites excluding steroid dienone is 1. The average molecular weight is 182 g/mol. The van der Waals surface area contributed by atoms with Gasteiger partial charge in [0.25, 0.3) is 0 Å². The van der Waals surface area contributed by atoms with Crippen LogP contribution in [0.25, 0.3) is 0 Å². The molecule has 1 saturated carbocycles. The van der Waals surface area contributed by atoms with E-state index in [2.05, 4.69) is 34.3 Å². The molecule has 2 atom stereocenters. The fourth-order valence-corrected chi connectivity index (χ4v) is 1.83. The molecule has 1 aliphatic rings. The van der Waals surface area contributed by atoms with Gasteiger partial charge in [-0.1, -0.05) is 33.3 Å². The maximum atomic E-state index is 3.67. The highest BCUT2D eigenvalue weighted by atomic mass is 14.3. The lowest BCUT2D eigenvalue weighted by Gasteiger charge is -2.04. The van der Waals surface area contributed by atoms with E-state index < -0.39 is 0 Å². The number of hydrogen-bond acceptors (Lipinski definition) is 0. The summed E-state index contributed by atoms with van der Waals surface area (Å²) in [5.74, 6) is 2.98. The van der Waals surface area contributed by atoms with Crippen LogP contribution in [0.2, 0.25) is 0 Å². The van der Waals surface area contributed by atoms with Crippen molar-refractivity contribution in [2.75, 3.05) is 0 Å². The third-order valence-corrected chi connectivity index (χ3v) is 3.12. The minimum Gasteiger partial charge on any atom is -0.100 e. The standard InChI is InChI=1S/C8H16.C5H10/c1-6-4-7(2)8(3)5-6;1-4-5(2)3/h6-8H,4-5H2,1-3H3;2,4H2,1,3H3. The molecule has 0 aliphatic heterocycles. The SMILES string of the molecule is C=C(C)CC.CC1CC(C)C(C)C1. The third-order valence-electron chi connectivity index (χ3n) is 3.12. The third kappa shape index (κ3) is 5.90. The first-order valence-corrected chi connectivity index (χ1v) is 5.61. The van der Waals surface area contributed by atoms with Crippen LogP contribution < -0.4 is 0 Å². The van der Waals surface area contributed by atoms with Gasteiger partial charge >= 0.3 is 0 Å². The van der Waals surface area contributed by atoms with Crippen molar-refractivity contribution in [1.29, 1.82) is 0 Å². The predicted molar refractivity (Wildman–Crippen MR) is 61.8 cm³/mol. The van der Waals surface area contributed by atoms with Crippen LogP contribution in [-0.2, 0) is 0 Å². The van der Waals surface area contributed by atoms with Gasteiger partial charge in [0.2, 0.25) is 0 Å². The molecular formula is C13H26. The summed E-state index contributed by atoms with van der Waals surface area (Å²) in [6.45, 7) is 14.9. The van der Waals surface area contributed by atoms with Gasteiger partial charge in [-0.15, -0.1) is 6.58 Å². The van der Waals surface area contributed by atoms with Crippen molar-refractivity contribution in [3.63, 3.8) is 0 Å². The highest BCUT2D eigenvalue weighted by molar-refractivity contribution is 4.84. The lowest BCUT2D eigenvalue weighted by Crippen LogP contribution is -1.95. The van der Waals surface area contributed by atoms with Crippen LogP contribution in [0.3, 0.4) is 0 Å². The molecule has 0 aromatic rings. The van der Waals surface area contributed by atoms with E-state index in [1.165, 1.54) is 18.4 Å². The van der Waals surface area contributed by atoms with Crippen LogP contribution in [0.1, 0.15) is 53.9 Å². The van der Waals surface area contributed by atoms with E-state index in [1.807, 2.05) is 6.92 Å². The van der Waals surface area contributed by atoms with Crippen LogP contribution in [0.5, 0.6) is 0 Å². The summed E-state index contributed by atoms with van der Waals surface area (Å²) < 4.78 is 0. The maximum absolute atomic E-state index is 3.67. The first kappa shape index (κ1) is 12.7. The summed E-state index contributed by atoms with van der Waals surface area (Å²) in [7, 11) is 0. The van der Waals surface area contributed by atoms with Gasteiger partial charge in [0, 0.05) is 0 Å². The van der Waals surface area contributed by atoms with E-state index in [1.54, 1.807) is 0 Å². The fourth-order valence-electron chi connectivity index (χ4n) is 1.83. The zero-order chi connectivity index (χ0) is 10.4. The second kappa shape index (κ2) is 6.23. The van der Waals surface area contributed by atoms with Crippen molar-refractivity contribution in [2.45, 2.75) is 53.9 Å². The van der Waals surface area contributed by atoms with Crippen molar-refractivity contribution in [2.24, 2.45) is 17.8 Å². The minimum absolute atomic E-state index is 0.991. The van der Waals surface area contributed by atoms with Gasteiger partial charge in [-0.05, 0) is 43.9 Å². The van der Waals surface area contributed by atoms with E-state index in [-0.39, 0.29) is 0 Å². The average Bonchev–Trinajstić information content (AvgIpc) is 2.31. The molecule has 1 rings (SSSR count). The molecular weight excluding hydrogens is 156 g/mol. The van der Waals surface area contributed by atoms with E-state index in [4.69, 9.17) is 0 Å². The predicted octanol–water partition coefficient (Wildman–Crippen LogP) is 4.66. The Morgan fingerprint density at radius 1 is 1.15 bits per heavy atom. The van der Waals surface area contributed by atoms with Crippen LogP contribution in [-0.4, -0.2) is 0 Å². The molecule has 2 unspecified atom stereocenters. The van der Waals surface area contributed by atoms with Crippen molar-refractivity contribution in [1.82, 2.24) is 0 Å². The lowest BCUT2D eigenvalue weighted by molar-refractivity contribution is 0.457. The van der Waals surface area contributed by atoms with E-state index >= 15 is 0 Å². The molecule has 78 valence electrons. The molecule has 0 heteroatoms. The van der Waals surface area contributed by atoms with Crippen molar-refractivity contribution in [3.05, 3.63) is 12.2 Å². The zero-order valence-corrected chi connectivity index (χ0v) is 10.1. The van der Waals surface area contributed by atoms with Crippen molar-refractivity contribution in [3.8, 4) is 0 Å². The Morgan fingerprint density at radius 3 is 1.54 bits per heavy atom. The van der Waals surface area contributed by atoms with Gasteiger partial charge in [-0.2, -0.15) is 0 Å². The summed E-state index contributed by atoms with van der Waals surface area (Å²) in [5.41, 5.74) is 1.25. The Morgan fingerprint density at radius 2 is 1.46 bits per heavy atom. The summed E-state index contributed by atoms with van der Waals surface area (Å²) in [5, 5.41) is 0. The molecule has 0 saturated heterocycles. The molecule has 0 aromatic heterocycles. The zero-order valence-electron chi connectivity index (χ0n) is 10.1. The second-order valence-electron chi connectivity index (χ2n) is 4.84. The Labute approximate surface area is 84.4 Å². The molecule has 0 heterocycles. The van der Waals surface area contributed by atoms with Crippen LogP contribution in [0.15, 0.2) is 12.2 Å². The topological polar surface area (TPSA) is 0 Å². The largest absolute Gasteiger partial charge is 0.100 e. The quantitative estimate of drug-likeness (QED) is 0.517. The number of rotatable bonds is 1. The first-order chi connectivity index (χ1) is 5.97. The Balaban J connectivity index is 0.000000252. The normalized spacial score (nSPS) is 32.2. The highest BCUT2D eigenvalue weighted by Crippen LogP contribution is 2.34. The fraction of sp³-hybridized carbons (Fsp3) is 0.846. The molecule has 1 aliphatic carbocycles. The molecule has 0 nitrogen and oxygen atoms in total. The van der Waals surface area contributed by atoms with Crippen molar-refractivity contribution >= 4 is 0 Å². The van der Waals surface area contributed by atoms with Gasteiger partial charge in [0.05, 0.1) is 0 Å². The van der Waals surface area contributed by atoms with E-state index in [9.17, 15) is 0 Å². The molecule has 0 amide bonds. The van der Waals surface area contributed by atoms with E-state index in [0.717, 1.165) is 24.2 Å². The lowest BCUT2D eigenvalue weighted by atomic mass is 10.0. The molecule has 0 bridgehead atoms. The van der Waals surface area contributed by atoms with Crippen LogP contribution in [0.4, 0.5) is 0 Å². The second-order valence-corrected chi connectivity index (χ2v) is 4.84. The molecule has 13 heavy (non-hydrogen) atoms. The van der Waals surface area contributed by atoms with Crippen LogP contribution >= 0.6 is 0 Å². The smallest absolute Gasteiger partial charge is 0.0354 e. The Bertz CT molecular complexity index is 136. The molecule has 0 aromatic carbocycles. The molecule has 0 radical (unpaired) electrons. The van der Waals surface area contributed by atoms with Crippen molar-refractivity contribution < 1.29 is 0 Å². The van der Waals surface area contributed by atoms with Gasteiger partial charge in [-0.3, -0.25) is 0 Å². The summed E-state index contributed by atoms with van der Waals surface area (Å²) in [6, 6.07) is 0. The van der Waals surface area contributed by atoms with Gasteiger partial charge in [-0.25, -0.2) is 0 Å². The monoisotopic (exact) mass is 182 g/mol. The van der Waals surface area contributed by atoms with Gasteiger partial charge < -0.3 is 0 Å². The van der Waals surface area contributed by atoms with E-state index in [0.29, 0.717) is 0 Å². The Hall–Kier alpha value is -0.260. The maximum Gasteiger partial charge on any atom is -0.0354 e. The minimum atomic E-state index is 0.991.